The van der Waals surface area contributed by atoms with E-state index in [9.17, 15) is 4.79 Å². The highest BCUT2D eigenvalue weighted by Crippen LogP contribution is 2.25. The number of hydrogen-bond donors (Lipinski definition) is 1. The lowest BCUT2D eigenvalue weighted by molar-refractivity contribution is -0.142. The second kappa shape index (κ2) is 4.85. The molecular formula is C11H17N3O3. The lowest BCUT2D eigenvalue weighted by Crippen LogP contribution is -2.37. The molecule has 0 radical (unpaired) electrons. The van der Waals surface area contributed by atoms with Gasteiger partial charge >= 0.3 is 5.97 Å². The van der Waals surface area contributed by atoms with Gasteiger partial charge in [-0.1, -0.05) is 0 Å². The summed E-state index contributed by atoms with van der Waals surface area (Å²) in [6.45, 7) is 3.00. The average Bonchev–Trinajstić information content (AvgIpc) is 2.95. The number of likely N-dealkylation sites (tertiary alicyclic amines) is 1. The molecule has 0 unspecified atom stereocenters. The Kier molecular flexibility index (Phi) is 3.44. The molecule has 1 aliphatic rings. The van der Waals surface area contributed by atoms with Gasteiger partial charge in [-0.05, 0) is 6.92 Å². The molecule has 17 heavy (non-hydrogen) atoms. The van der Waals surface area contributed by atoms with Crippen LogP contribution in [0, 0.1) is 0 Å². The van der Waals surface area contributed by atoms with Gasteiger partial charge in [-0.3, -0.25) is 9.69 Å². The third-order valence-corrected chi connectivity index (χ3v) is 3.38. The maximum Gasteiger partial charge on any atom is 0.320 e. The second-order valence-corrected chi connectivity index (χ2v) is 4.32. The minimum absolute atomic E-state index is 0.00556. The number of carboxylic acid groups (broad SMARTS) is 1. The van der Waals surface area contributed by atoms with Crippen molar-refractivity contribution < 1.29 is 14.6 Å². The summed E-state index contributed by atoms with van der Waals surface area (Å²) in [5, 5.41) is 9.02. The van der Waals surface area contributed by atoms with Gasteiger partial charge in [0.25, 0.3) is 0 Å². The van der Waals surface area contributed by atoms with Gasteiger partial charge in [0, 0.05) is 32.6 Å². The summed E-state index contributed by atoms with van der Waals surface area (Å²) in [6, 6.07) is -0.356. The van der Waals surface area contributed by atoms with E-state index in [-0.39, 0.29) is 12.1 Å². The summed E-state index contributed by atoms with van der Waals surface area (Å²) in [6.07, 6.45) is 5.35. The van der Waals surface area contributed by atoms with E-state index >= 15 is 0 Å². The zero-order valence-corrected chi connectivity index (χ0v) is 9.98. The van der Waals surface area contributed by atoms with E-state index in [1.54, 1.807) is 26.6 Å². The third kappa shape index (κ3) is 2.32. The summed E-state index contributed by atoms with van der Waals surface area (Å²) in [5.41, 5.74) is 0. The van der Waals surface area contributed by atoms with Gasteiger partial charge in [0.2, 0.25) is 0 Å². The lowest BCUT2D eigenvalue weighted by atomic mass is 10.2. The highest BCUT2D eigenvalue weighted by Gasteiger charge is 2.37. The largest absolute Gasteiger partial charge is 0.480 e. The van der Waals surface area contributed by atoms with E-state index in [2.05, 4.69) is 4.98 Å². The Hall–Kier alpha value is -1.40. The molecule has 6 heteroatoms. The number of nitrogens with zero attached hydrogens (tertiary/aromatic N) is 3. The van der Waals surface area contributed by atoms with Crippen LogP contribution in [0.3, 0.4) is 0 Å². The second-order valence-electron chi connectivity index (χ2n) is 4.32. The molecular weight excluding hydrogens is 222 g/mol. The highest BCUT2D eigenvalue weighted by molar-refractivity contribution is 5.72. The van der Waals surface area contributed by atoms with Crippen LogP contribution < -0.4 is 0 Å². The Morgan fingerprint density at radius 2 is 2.35 bits per heavy atom. The Bertz CT molecular complexity index is 379. The van der Waals surface area contributed by atoms with Crippen LogP contribution in [0.15, 0.2) is 18.7 Å². The predicted octanol–water partition coefficient (Wildman–Crippen LogP) is 0.228. The molecule has 2 heterocycles. The van der Waals surface area contributed by atoms with E-state index in [1.807, 2.05) is 15.7 Å². The highest BCUT2D eigenvalue weighted by atomic mass is 16.5. The van der Waals surface area contributed by atoms with Crippen molar-refractivity contribution in [2.24, 2.45) is 0 Å². The normalized spacial score (nSPS) is 27.2. The number of carboxylic acids is 1. The average molecular weight is 239 g/mol. The van der Waals surface area contributed by atoms with Crippen molar-refractivity contribution in [3.63, 3.8) is 0 Å². The number of ether oxygens (including phenoxy) is 1. The van der Waals surface area contributed by atoms with Crippen molar-refractivity contribution in [3.05, 3.63) is 18.7 Å². The SMILES string of the molecule is CO[C@@H]1CN([C@@H](C)C(=O)O)C[C@H]1n1ccnc1. The van der Waals surface area contributed by atoms with Gasteiger partial charge in [-0.2, -0.15) is 0 Å². The molecule has 2 rings (SSSR count). The molecule has 6 nitrogen and oxygen atoms in total. The minimum Gasteiger partial charge on any atom is -0.480 e. The van der Waals surface area contributed by atoms with E-state index in [1.165, 1.54) is 0 Å². The van der Waals surface area contributed by atoms with Crippen molar-refractivity contribution in [1.29, 1.82) is 0 Å². The molecule has 1 saturated heterocycles. The Balaban J connectivity index is 2.11. The molecule has 1 N–H and O–H groups in total. The molecule has 0 aliphatic carbocycles. The molecule has 1 aliphatic heterocycles. The summed E-state index contributed by atoms with van der Waals surface area (Å²) in [7, 11) is 1.66. The summed E-state index contributed by atoms with van der Waals surface area (Å²) in [4.78, 5) is 16.9. The van der Waals surface area contributed by atoms with Crippen molar-refractivity contribution in [2.75, 3.05) is 20.2 Å². The molecule has 94 valence electrons. The molecule has 3 atom stereocenters. The number of hydrogen-bond acceptors (Lipinski definition) is 4. The molecule has 1 fully saturated rings. The number of rotatable bonds is 4. The molecule has 1 aromatic heterocycles. The first-order valence-corrected chi connectivity index (χ1v) is 5.60. The van der Waals surface area contributed by atoms with Gasteiger partial charge < -0.3 is 14.4 Å². The molecule has 0 saturated carbocycles. The standard InChI is InChI=1S/C11H17N3O3/c1-8(11(15)16)14-5-9(10(6-14)17-2)13-4-3-12-7-13/h3-4,7-10H,5-6H2,1-2H3,(H,15,16)/t8-,9+,10+/m0/s1. The molecule has 1 aromatic rings. The van der Waals surface area contributed by atoms with Gasteiger partial charge in [-0.15, -0.1) is 0 Å². The number of carbonyl (C=O) groups is 1. The maximum absolute atomic E-state index is 11.0. The molecule has 0 bridgehead atoms. The summed E-state index contributed by atoms with van der Waals surface area (Å²) >= 11 is 0. The van der Waals surface area contributed by atoms with Crippen LogP contribution in [0.2, 0.25) is 0 Å². The minimum atomic E-state index is -0.800. The lowest BCUT2D eigenvalue weighted by Gasteiger charge is -2.20. The van der Waals surface area contributed by atoms with Crippen molar-refractivity contribution in [1.82, 2.24) is 14.5 Å². The summed E-state index contributed by atoms with van der Waals surface area (Å²) in [5.74, 6) is -0.800. The number of imidazole rings is 1. The fourth-order valence-corrected chi connectivity index (χ4v) is 2.24. The fraction of sp³-hybridized carbons (Fsp3) is 0.636. The van der Waals surface area contributed by atoms with E-state index in [0.717, 1.165) is 0 Å². The molecule has 0 spiro atoms. The first-order chi connectivity index (χ1) is 8.13. The van der Waals surface area contributed by atoms with Crippen molar-refractivity contribution in [2.45, 2.75) is 25.1 Å². The van der Waals surface area contributed by atoms with E-state index in [0.29, 0.717) is 13.1 Å². The predicted molar refractivity (Wildman–Crippen MR) is 60.7 cm³/mol. The van der Waals surface area contributed by atoms with Crippen LogP contribution in [-0.4, -0.2) is 57.9 Å². The van der Waals surface area contributed by atoms with Gasteiger partial charge in [0.1, 0.15) is 6.04 Å². The number of methoxy groups -OCH3 is 1. The first kappa shape index (κ1) is 12.1. The fourth-order valence-electron chi connectivity index (χ4n) is 2.24. The molecule has 0 aromatic carbocycles. The van der Waals surface area contributed by atoms with Crippen LogP contribution in [0.1, 0.15) is 13.0 Å². The Morgan fingerprint density at radius 1 is 1.59 bits per heavy atom. The topological polar surface area (TPSA) is 67.6 Å². The van der Waals surface area contributed by atoms with Crippen LogP contribution in [0.25, 0.3) is 0 Å². The molecule has 0 amide bonds. The number of aromatic nitrogens is 2. The quantitative estimate of drug-likeness (QED) is 0.814. The van der Waals surface area contributed by atoms with Crippen LogP contribution >= 0.6 is 0 Å². The monoisotopic (exact) mass is 239 g/mol. The van der Waals surface area contributed by atoms with Gasteiger partial charge in [0.15, 0.2) is 0 Å². The van der Waals surface area contributed by atoms with Crippen LogP contribution in [0.5, 0.6) is 0 Å². The maximum atomic E-state index is 11.0. The van der Waals surface area contributed by atoms with Crippen molar-refractivity contribution >= 4 is 5.97 Å². The number of aliphatic carboxylic acids is 1. The van der Waals surface area contributed by atoms with Crippen LogP contribution in [0.4, 0.5) is 0 Å². The first-order valence-electron chi connectivity index (χ1n) is 5.60. The van der Waals surface area contributed by atoms with Gasteiger partial charge in [-0.25, -0.2) is 4.98 Å². The Labute approximate surface area is 99.8 Å². The van der Waals surface area contributed by atoms with E-state index < -0.39 is 12.0 Å². The van der Waals surface area contributed by atoms with Crippen molar-refractivity contribution in [3.8, 4) is 0 Å². The smallest absolute Gasteiger partial charge is 0.320 e. The van der Waals surface area contributed by atoms with Crippen LogP contribution in [-0.2, 0) is 9.53 Å². The Morgan fingerprint density at radius 3 is 2.88 bits per heavy atom. The zero-order valence-electron chi connectivity index (χ0n) is 9.98. The van der Waals surface area contributed by atoms with E-state index in [4.69, 9.17) is 9.84 Å². The zero-order chi connectivity index (χ0) is 12.4. The van der Waals surface area contributed by atoms with Gasteiger partial charge in [0.05, 0.1) is 18.5 Å². The summed E-state index contributed by atoms with van der Waals surface area (Å²) < 4.78 is 7.40. The third-order valence-electron chi connectivity index (χ3n) is 3.38.